The molecule has 0 saturated heterocycles. The Labute approximate surface area is 182 Å². The number of carbonyl (C=O) groups excluding carboxylic acids is 1. The number of anilines is 1. The van der Waals surface area contributed by atoms with Gasteiger partial charge in [0.15, 0.2) is 0 Å². The van der Waals surface area contributed by atoms with Gasteiger partial charge in [-0.2, -0.15) is 0 Å². The van der Waals surface area contributed by atoms with Crippen LogP contribution in [0.15, 0.2) is 71.6 Å². The summed E-state index contributed by atoms with van der Waals surface area (Å²) in [5, 5.41) is 2.84. The zero-order chi connectivity index (χ0) is 22.4. The summed E-state index contributed by atoms with van der Waals surface area (Å²) in [4.78, 5) is 12.7. The summed E-state index contributed by atoms with van der Waals surface area (Å²) in [7, 11) is -0.712. The molecule has 0 bridgehead atoms. The number of hydrogen-bond acceptors (Lipinski definition) is 5. The zero-order valence-electron chi connectivity index (χ0n) is 17.5. The highest BCUT2D eigenvalue weighted by Crippen LogP contribution is 2.23. The molecular formula is C23H24N2O5S. The van der Waals surface area contributed by atoms with Gasteiger partial charge in [0.25, 0.3) is 15.9 Å². The highest BCUT2D eigenvalue weighted by Gasteiger charge is 2.17. The van der Waals surface area contributed by atoms with Gasteiger partial charge >= 0.3 is 0 Å². The summed E-state index contributed by atoms with van der Waals surface area (Å²) in [5.74, 6) is 0.994. The number of sulfonamides is 1. The first kappa shape index (κ1) is 22.2. The van der Waals surface area contributed by atoms with Crippen LogP contribution >= 0.6 is 0 Å². The third-order valence-electron chi connectivity index (χ3n) is 4.73. The van der Waals surface area contributed by atoms with Crippen molar-refractivity contribution in [2.24, 2.45) is 0 Å². The van der Waals surface area contributed by atoms with Gasteiger partial charge in [0.05, 0.1) is 24.8 Å². The molecular weight excluding hydrogens is 416 g/mol. The van der Waals surface area contributed by atoms with Gasteiger partial charge in [0.1, 0.15) is 11.5 Å². The zero-order valence-corrected chi connectivity index (χ0v) is 18.3. The number of amides is 1. The Kier molecular flexibility index (Phi) is 6.81. The third kappa shape index (κ3) is 5.55. The summed E-state index contributed by atoms with van der Waals surface area (Å²) in [6.07, 6.45) is 0. The molecule has 3 aromatic carbocycles. The maximum Gasteiger partial charge on any atom is 0.261 e. The van der Waals surface area contributed by atoms with E-state index >= 15 is 0 Å². The van der Waals surface area contributed by atoms with Crippen LogP contribution in [0, 0.1) is 6.92 Å². The lowest BCUT2D eigenvalue weighted by molar-refractivity contribution is 0.0951. The second-order valence-electron chi connectivity index (χ2n) is 6.84. The normalized spacial score (nSPS) is 10.9. The van der Waals surface area contributed by atoms with Crippen molar-refractivity contribution in [3.05, 3.63) is 83.4 Å². The highest BCUT2D eigenvalue weighted by atomic mass is 32.2. The molecule has 1 amide bonds. The van der Waals surface area contributed by atoms with Crippen LogP contribution in [0.3, 0.4) is 0 Å². The number of benzene rings is 3. The summed E-state index contributed by atoms with van der Waals surface area (Å²) in [6, 6.07) is 18.3. The number of rotatable bonds is 8. The average Bonchev–Trinajstić information content (AvgIpc) is 2.79. The number of methoxy groups -OCH3 is 2. The predicted molar refractivity (Wildman–Crippen MR) is 119 cm³/mol. The van der Waals surface area contributed by atoms with Crippen molar-refractivity contribution in [2.75, 3.05) is 18.9 Å². The summed E-state index contributed by atoms with van der Waals surface area (Å²) in [6.45, 7) is 2.11. The van der Waals surface area contributed by atoms with Crippen LogP contribution in [-0.4, -0.2) is 28.5 Å². The standard InChI is InChI=1S/C23H24N2O5S/c1-16-4-7-18(23(26)24-15-17-5-8-19(29-2)9-6-17)14-22(16)25-31(27,28)21-12-10-20(30-3)11-13-21/h4-14,25H,15H2,1-3H3,(H,24,26). The molecule has 31 heavy (non-hydrogen) atoms. The van der Waals surface area contributed by atoms with Crippen molar-refractivity contribution in [2.45, 2.75) is 18.4 Å². The number of hydrogen-bond donors (Lipinski definition) is 2. The lowest BCUT2D eigenvalue weighted by Crippen LogP contribution is -2.23. The molecule has 162 valence electrons. The second-order valence-corrected chi connectivity index (χ2v) is 8.52. The first-order chi connectivity index (χ1) is 14.8. The third-order valence-corrected chi connectivity index (χ3v) is 6.11. The van der Waals surface area contributed by atoms with E-state index in [1.165, 1.54) is 25.3 Å². The van der Waals surface area contributed by atoms with E-state index in [1.807, 2.05) is 24.3 Å². The fourth-order valence-electron chi connectivity index (χ4n) is 2.86. The first-order valence-electron chi connectivity index (χ1n) is 9.51. The van der Waals surface area contributed by atoms with Gasteiger partial charge in [-0.3, -0.25) is 9.52 Å². The van der Waals surface area contributed by atoms with E-state index in [0.717, 1.165) is 11.3 Å². The van der Waals surface area contributed by atoms with Gasteiger partial charge in [-0.15, -0.1) is 0 Å². The Balaban J connectivity index is 1.73. The van der Waals surface area contributed by atoms with Crippen LogP contribution in [0.2, 0.25) is 0 Å². The molecule has 0 heterocycles. The van der Waals surface area contributed by atoms with Crippen LogP contribution < -0.4 is 19.5 Å². The largest absolute Gasteiger partial charge is 0.497 e. The van der Waals surface area contributed by atoms with Crippen LogP contribution in [0.5, 0.6) is 11.5 Å². The minimum Gasteiger partial charge on any atom is -0.497 e. The molecule has 3 rings (SSSR count). The van der Waals surface area contributed by atoms with Gasteiger partial charge in [-0.1, -0.05) is 18.2 Å². The Hall–Kier alpha value is -3.52. The van der Waals surface area contributed by atoms with E-state index in [0.29, 0.717) is 29.1 Å². The van der Waals surface area contributed by atoms with E-state index in [4.69, 9.17) is 9.47 Å². The van der Waals surface area contributed by atoms with Crippen LogP contribution in [0.25, 0.3) is 0 Å². The van der Waals surface area contributed by atoms with Gasteiger partial charge in [-0.05, 0) is 66.6 Å². The molecule has 0 unspecified atom stereocenters. The number of aryl methyl sites for hydroxylation is 1. The van der Waals surface area contributed by atoms with Crippen LogP contribution in [-0.2, 0) is 16.6 Å². The van der Waals surface area contributed by atoms with Crippen molar-refractivity contribution in [1.82, 2.24) is 5.32 Å². The summed E-state index contributed by atoms with van der Waals surface area (Å²) in [5.41, 5.74) is 2.31. The fourth-order valence-corrected chi connectivity index (χ4v) is 3.98. The first-order valence-corrected chi connectivity index (χ1v) is 11.0. The summed E-state index contributed by atoms with van der Waals surface area (Å²) < 4.78 is 38.2. The Morgan fingerprint density at radius 2 is 1.45 bits per heavy atom. The molecule has 0 aliphatic rings. The molecule has 0 spiro atoms. The molecule has 3 aromatic rings. The molecule has 8 heteroatoms. The van der Waals surface area contributed by atoms with Gasteiger partial charge in [0, 0.05) is 12.1 Å². The lowest BCUT2D eigenvalue weighted by Gasteiger charge is -2.13. The second kappa shape index (κ2) is 9.53. The quantitative estimate of drug-likeness (QED) is 0.557. The van der Waals surface area contributed by atoms with Crippen LogP contribution in [0.1, 0.15) is 21.5 Å². The maximum atomic E-state index is 12.7. The Morgan fingerprint density at radius 1 is 0.871 bits per heavy atom. The Bertz CT molecular complexity index is 1160. The van der Waals surface area contributed by atoms with E-state index in [-0.39, 0.29) is 10.8 Å². The lowest BCUT2D eigenvalue weighted by atomic mass is 10.1. The topological polar surface area (TPSA) is 93.7 Å². The molecule has 2 N–H and O–H groups in total. The van der Waals surface area contributed by atoms with Crippen LogP contribution in [0.4, 0.5) is 5.69 Å². The number of carbonyl (C=O) groups is 1. The SMILES string of the molecule is COc1ccc(CNC(=O)c2ccc(C)c(NS(=O)(=O)c3ccc(OC)cc3)c2)cc1. The summed E-state index contributed by atoms with van der Waals surface area (Å²) >= 11 is 0. The number of ether oxygens (including phenoxy) is 2. The minimum absolute atomic E-state index is 0.0991. The van der Waals surface area contributed by atoms with Crippen molar-refractivity contribution in [3.63, 3.8) is 0 Å². The van der Waals surface area contributed by atoms with Gasteiger partial charge < -0.3 is 14.8 Å². The minimum atomic E-state index is -3.81. The van der Waals surface area contributed by atoms with E-state index < -0.39 is 10.0 Å². The van der Waals surface area contributed by atoms with Crippen molar-refractivity contribution >= 4 is 21.6 Å². The molecule has 0 atom stereocenters. The fraction of sp³-hybridized carbons (Fsp3) is 0.174. The molecule has 0 aliphatic carbocycles. The molecule has 0 aromatic heterocycles. The van der Waals surface area contributed by atoms with E-state index in [9.17, 15) is 13.2 Å². The van der Waals surface area contributed by atoms with Gasteiger partial charge in [-0.25, -0.2) is 8.42 Å². The van der Waals surface area contributed by atoms with E-state index in [1.54, 1.807) is 38.3 Å². The van der Waals surface area contributed by atoms with E-state index in [2.05, 4.69) is 10.0 Å². The molecule has 0 aliphatic heterocycles. The Morgan fingerprint density at radius 3 is 2.03 bits per heavy atom. The van der Waals surface area contributed by atoms with Gasteiger partial charge in [0.2, 0.25) is 0 Å². The predicted octanol–water partition coefficient (Wildman–Crippen LogP) is 3.74. The molecule has 0 radical (unpaired) electrons. The highest BCUT2D eigenvalue weighted by molar-refractivity contribution is 7.92. The molecule has 0 saturated carbocycles. The molecule has 0 fully saturated rings. The monoisotopic (exact) mass is 440 g/mol. The smallest absolute Gasteiger partial charge is 0.261 e. The maximum absolute atomic E-state index is 12.7. The van der Waals surface area contributed by atoms with Crippen molar-refractivity contribution in [1.29, 1.82) is 0 Å². The average molecular weight is 441 g/mol. The van der Waals surface area contributed by atoms with Crippen molar-refractivity contribution < 1.29 is 22.7 Å². The number of nitrogens with one attached hydrogen (secondary N) is 2. The van der Waals surface area contributed by atoms with Crippen molar-refractivity contribution in [3.8, 4) is 11.5 Å². The molecule has 7 nitrogen and oxygen atoms in total.